The molecule has 0 bridgehead atoms. The molecular weight excluding hydrogens is 292 g/mol. The van der Waals surface area contributed by atoms with Crippen LogP contribution in [0.1, 0.15) is 13.8 Å². The van der Waals surface area contributed by atoms with Gasteiger partial charge in [0.05, 0.1) is 11.9 Å². The molecule has 0 unspecified atom stereocenters. The summed E-state index contributed by atoms with van der Waals surface area (Å²) in [6, 6.07) is 9.94. The fourth-order valence-corrected chi connectivity index (χ4v) is 2.40. The van der Waals surface area contributed by atoms with Gasteiger partial charge in [-0.05, 0) is 13.8 Å². The maximum atomic E-state index is 5.80. The molecule has 0 aliphatic rings. The van der Waals surface area contributed by atoms with Crippen LogP contribution < -0.4 is 10.6 Å². The maximum absolute atomic E-state index is 5.80. The molecule has 4 N–H and O–H groups in total. The van der Waals surface area contributed by atoms with Gasteiger partial charge >= 0.3 is 0 Å². The van der Waals surface area contributed by atoms with Gasteiger partial charge in [0, 0.05) is 18.7 Å². The van der Waals surface area contributed by atoms with Crippen molar-refractivity contribution in [2.24, 2.45) is 0 Å². The van der Waals surface area contributed by atoms with Crippen molar-refractivity contribution in [3.05, 3.63) is 36.5 Å². The van der Waals surface area contributed by atoms with E-state index in [1.807, 2.05) is 30.3 Å². The summed E-state index contributed by atoms with van der Waals surface area (Å²) in [7, 11) is 0. The van der Waals surface area contributed by atoms with Crippen LogP contribution in [0.25, 0.3) is 22.4 Å². The number of nitrogen functional groups attached to an aromatic ring is 1. The lowest BCUT2D eigenvalue weighted by Crippen LogP contribution is -2.24. The first-order valence-corrected chi connectivity index (χ1v) is 7.33. The Morgan fingerprint density at radius 2 is 1.70 bits per heavy atom. The average molecular weight is 312 g/mol. The van der Waals surface area contributed by atoms with Crippen molar-refractivity contribution in [1.82, 2.24) is 19.9 Å². The summed E-state index contributed by atoms with van der Waals surface area (Å²) in [5.41, 5.74) is 8.82. The largest absolute Gasteiger partial charge is 0.412 e. The average Bonchev–Trinajstić information content (AvgIpc) is 2.56. The number of nitrogens with two attached hydrogens (primary N) is 1. The van der Waals surface area contributed by atoms with Gasteiger partial charge < -0.3 is 16.1 Å². The smallest absolute Gasteiger partial charge is 0.224 e. The number of anilines is 2. The van der Waals surface area contributed by atoms with E-state index in [2.05, 4.69) is 33.7 Å². The van der Waals surface area contributed by atoms with Crippen LogP contribution in [-0.2, 0) is 0 Å². The molecule has 0 aliphatic carbocycles. The second kappa shape index (κ2) is 6.97. The molecule has 0 fully saturated rings. The van der Waals surface area contributed by atoms with Gasteiger partial charge in [0.15, 0.2) is 17.0 Å². The van der Waals surface area contributed by atoms with Crippen LogP contribution >= 0.6 is 0 Å². The van der Waals surface area contributed by atoms with E-state index in [1.54, 1.807) is 6.20 Å². The Morgan fingerprint density at radius 3 is 2.35 bits per heavy atom. The molecule has 0 saturated carbocycles. The number of aromatic nitrogens is 4. The van der Waals surface area contributed by atoms with Gasteiger partial charge in [-0.3, -0.25) is 0 Å². The molecule has 2 heterocycles. The topological polar surface area (TPSA) is 112 Å². The highest BCUT2D eigenvalue weighted by atomic mass is 16.0. The molecule has 0 amide bonds. The molecule has 1 aromatic carbocycles. The number of nitrogens with zero attached hydrogens (tertiary/aromatic N) is 5. The fourth-order valence-electron chi connectivity index (χ4n) is 2.40. The minimum Gasteiger partial charge on any atom is -0.412 e. The first kappa shape index (κ1) is 16.6. The Bertz CT molecular complexity index is 789. The summed E-state index contributed by atoms with van der Waals surface area (Å²) >= 11 is 0. The van der Waals surface area contributed by atoms with E-state index in [0.717, 1.165) is 30.2 Å². The Hall–Kier alpha value is -2.80. The highest BCUT2D eigenvalue weighted by Crippen LogP contribution is 2.24. The third kappa shape index (κ3) is 3.19. The van der Waals surface area contributed by atoms with E-state index in [9.17, 15) is 0 Å². The lowest BCUT2D eigenvalue weighted by Gasteiger charge is -2.20. The van der Waals surface area contributed by atoms with Crippen LogP contribution in [-0.4, -0.2) is 38.5 Å². The van der Waals surface area contributed by atoms with E-state index in [4.69, 9.17) is 10.7 Å². The van der Waals surface area contributed by atoms with Gasteiger partial charge in [-0.2, -0.15) is 9.97 Å². The lowest BCUT2D eigenvalue weighted by atomic mass is 10.2. The zero-order chi connectivity index (χ0) is 15.5. The number of hydrogen-bond acceptors (Lipinski definition) is 6. The summed E-state index contributed by atoms with van der Waals surface area (Å²) in [5.74, 6) is 0.953. The number of benzene rings is 1. The molecular formula is C16H20N6O. The number of hydrogen-bond donors (Lipinski definition) is 1. The molecule has 3 rings (SSSR count). The van der Waals surface area contributed by atoms with Crippen molar-refractivity contribution in [3.63, 3.8) is 0 Å². The van der Waals surface area contributed by atoms with Crippen molar-refractivity contribution < 1.29 is 5.48 Å². The zero-order valence-electron chi connectivity index (χ0n) is 13.2. The van der Waals surface area contributed by atoms with Gasteiger partial charge in [0.25, 0.3) is 0 Å². The molecule has 7 nitrogen and oxygen atoms in total. The van der Waals surface area contributed by atoms with Crippen molar-refractivity contribution in [2.75, 3.05) is 23.7 Å². The van der Waals surface area contributed by atoms with E-state index < -0.39 is 0 Å². The molecule has 23 heavy (non-hydrogen) atoms. The molecule has 0 aliphatic heterocycles. The zero-order valence-corrected chi connectivity index (χ0v) is 13.2. The fraction of sp³-hybridized carbons (Fsp3) is 0.250. The monoisotopic (exact) mass is 312 g/mol. The van der Waals surface area contributed by atoms with Crippen LogP contribution in [0.2, 0.25) is 0 Å². The highest BCUT2D eigenvalue weighted by Gasteiger charge is 2.14. The summed E-state index contributed by atoms with van der Waals surface area (Å²) in [4.78, 5) is 19.8. The van der Waals surface area contributed by atoms with E-state index in [1.165, 1.54) is 0 Å². The Balaban J connectivity index is 0.00000192. The molecule has 0 atom stereocenters. The normalized spacial score (nSPS) is 10.3. The minimum absolute atomic E-state index is 0. The standard InChI is InChI=1S/C16H18N6.H2O/c1-3-22(4-2)15-13-14(20-16(17)21-15)18-10-12(19-13)11-8-6-5-7-9-11;/h5-10H,3-4H2,1-2H3,(H2,17,18,20,21);1H2. The molecule has 120 valence electrons. The van der Waals surface area contributed by atoms with Crippen LogP contribution in [0.4, 0.5) is 11.8 Å². The predicted octanol–water partition coefficient (Wildman–Crippen LogP) is 1.69. The van der Waals surface area contributed by atoms with E-state index in [0.29, 0.717) is 11.2 Å². The van der Waals surface area contributed by atoms with Gasteiger partial charge in [-0.1, -0.05) is 30.3 Å². The van der Waals surface area contributed by atoms with Gasteiger partial charge in [-0.25, -0.2) is 9.97 Å². The molecule has 0 saturated heterocycles. The first-order chi connectivity index (χ1) is 10.7. The van der Waals surface area contributed by atoms with Crippen molar-refractivity contribution in [2.45, 2.75) is 13.8 Å². The Labute approximate surface area is 134 Å². The highest BCUT2D eigenvalue weighted by molar-refractivity contribution is 5.85. The van der Waals surface area contributed by atoms with Crippen molar-refractivity contribution in [3.8, 4) is 11.3 Å². The van der Waals surface area contributed by atoms with Crippen LogP contribution in [0.15, 0.2) is 36.5 Å². The van der Waals surface area contributed by atoms with Crippen LogP contribution in [0.5, 0.6) is 0 Å². The van der Waals surface area contributed by atoms with Gasteiger partial charge in [0.2, 0.25) is 5.95 Å². The number of fused-ring (bicyclic) bond motifs is 1. The van der Waals surface area contributed by atoms with Gasteiger partial charge in [0.1, 0.15) is 0 Å². The first-order valence-electron chi connectivity index (χ1n) is 7.33. The molecule has 0 spiro atoms. The minimum atomic E-state index is 0. The van der Waals surface area contributed by atoms with E-state index >= 15 is 0 Å². The van der Waals surface area contributed by atoms with Crippen LogP contribution in [0, 0.1) is 0 Å². The molecule has 7 heteroatoms. The number of rotatable bonds is 4. The summed E-state index contributed by atoms with van der Waals surface area (Å²) in [6.45, 7) is 5.78. The van der Waals surface area contributed by atoms with Crippen LogP contribution in [0.3, 0.4) is 0 Å². The Morgan fingerprint density at radius 1 is 1.00 bits per heavy atom. The maximum Gasteiger partial charge on any atom is 0.224 e. The van der Waals surface area contributed by atoms with Gasteiger partial charge in [-0.15, -0.1) is 0 Å². The summed E-state index contributed by atoms with van der Waals surface area (Å²) in [6.07, 6.45) is 1.72. The lowest BCUT2D eigenvalue weighted by molar-refractivity contribution is 0.824. The predicted molar refractivity (Wildman–Crippen MR) is 92.2 cm³/mol. The molecule has 0 radical (unpaired) electrons. The Kier molecular flexibility index (Phi) is 5.02. The van der Waals surface area contributed by atoms with E-state index in [-0.39, 0.29) is 11.4 Å². The third-order valence-corrected chi connectivity index (χ3v) is 3.54. The summed E-state index contributed by atoms with van der Waals surface area (Å²) in [5, 5.41) is 0. The van der Waals surface area contributed by atoms with Crippen molar-refractivity contribution >= 4 is 22.9 Å². The third-order valence-electron chi connectivity index (χ3n) is 3.54. The molecule has 2 aromatic heterocycles. The summed E-state index contributed by atoms with van der Waals surface area (Å²) < 4.78 is 0. The second-order valence-electron chi connectivity index (χ2n) is 4.87. The second-order valence-corrected chi connectivity index (χ2v) is 4.87. The SMILES string of the molecule is CCN(CC)c1nc(N)nc2ncc(-c3ccccc3)nc12.O. The molecule has 3 aromatic rings. The quantitative estimate of drug-likeness (QED) is 0.784. The van der Waals surface area contributed by atoms with Crippen molar-refractivity contribution in [1.29, 1.82) is 0 Å².